The molecule has 0 spiro atoms. The quantitative estimate of drug-likeness (QED) is 0.175. The van der Waals surface area contributed by atoms with Crippen molar-refractivity contribution in [3.8, 4) is 33.6 Å². The van der Waals surface area contributed by atoms with Gasteiger partial charge in [0, 0.05) is 27.5 Å². The molecule has 10 rings (SSSR count). The molecule has 1 aliphatic rings. The highest BCUT2D eigenvalue weighted by atomic mass is 15.0. The lowest BCUT2D eigenvalue weighted by Crippen LogP contribution is -2.10. The Morgan fingerprint density at radius 2 is 0.980 bits per heavy atom. The summed E-state index contributed by atoms with van der Waals surface area (Å²) < 4.78 is 4.89. The van der Waals surface area contributed by atoms with Crippen molar-refractivity contribution < 1.29 is 0 Å². The fourth-order valence-electron chi connectivity index (χ4n) is 8.36. The van der Waals surface area contributed by atoms with E-state index in [1.807, 2.05) is 0 Å². The van der Waals surface area contributed by atoms with Crippen LogP contribution in [-0.4, -0.2) is 9.13 Å². The molecule has 1 atom stereocenters. The second-order valence-electron chi connectivity index (χ2n) is 13.8. The topological polar surface area (TPSA) is 9.86 Å². The zero-order chi connectivity index (χ0) is 33.9. The van der Waals surface area contributed by atoms with Crippen LogP contribution in [0.15, 0.2) is 176 Å². The molecule has 2 heterocycles. The van der Waals surface area contributed by atoms with Crippen LogP contribution in [0.25, 0.3) is 78.0 Å². The zero-order valence-corrected chi connectivity index (χ0v) is 28.5. The summed E-state index contributed by atoms with van der Waals surface area (Å²) in [6.45, 7) is 2.39. The van der Waals surface area contributed by atoms with E-state index in [0.717, 1.165) is 6.42 Å². The summed E-state index contributed by atoms with van der Waals surface area (Å²) in [5.74, 6) is 0.378. The first kappa shape index (κ1) is 29.5. The van der Waals surface area contributed by atoms with Crippen LogP contribution in [0, 0.1) is 5.92 Å². The fourth-order valence-corrected chi connectivity index (χ4v) is 8.36. The molecule has 0 radical (unpaired) electrons. The van der Waals surface area contributed by atoms with Gasteiger partial charge in [-0.25, -0.2) is 0 Å². The van der Waals surface area contributed by atoms with Crippen molar-refractivity contribution in [2.75, 3.05) is 0 Å². The number of para-hydroxylation sites is 2. The van der Waals surface area contributed by atoms with E-state index in [1.165, 1.54) is 88.7 Å². The average Bonchev–Trinajstić information content (AvgIpc) is 3.70. The van der Waals surface area contributed by atoms with E-state index in [-0.39, 0.29) is 0 Å². The summed E-state index contributed by atoms with van der Waals surface area (Å²) in [6, 6.07) is 64.1. The maximum absolute atomic E-state index is 2.48. The van der Waals surface area contributed by atoms with Gasteiger partial charge in [0.1, 0.15) is 0 Å². The summed E-state index contributed by atoms with van der Waals surface area (Å²) >= 11 is 0. The Morgan fingerprint density at radius 3 is 1.73 bits per heavy atom. The van der Waals surface area contributed by atoms with E-state index in [0.29, 0.717) is 5.92 Å². The Hall–Kier alpha value is -6.38. The molecule has 0 saturated heterocycles. The van der Waals surface area contributed by atoms with Gasteiger partial charge in [0.15, 0.2) is 0 Å². The van der Waals surface area contributed by atoms with Crippen LogP contribution < -0.4 is 0 Å². The van der Waals surface area contributed by atoms with Crippen molar-refractivity contribution in [3.05, 3.63) is 193 Å². The number of nitrogens with zero attached hydrogens (tertiary/aromatic N) is 2. The predicted octanol–water partition coefficient (Wildman–Crippen LogP) is 12.8. The summed E-state index contributed by atoms with van der Waals surface area (Å²) in [7, 11) is 0. The van der Waals surface area contributed by atoms with Crippen LogP contribution in [0.1, 0.15) is 23.7 Å². The van der Waals surface area contributed by atoms with Crippen molar-refractivity contribution in [3.63, 3.8) is 0 Å². The average molecular weight is 653 g/mol. The molecule has 1 aliphatic carbocycles. The van der Waals surface area contributed by atoms with Gasteiger partial charge in [-0.2, -0.15) is 0 Å². The van der Waals surface area contributed by atoms with Gasteiger partial charge in [-0.15, -0.1) is 0 Å². The molecular weight excluding hydrogens is 617 g/mol. The first-order valence-corrected chi connectivity index (χ1v) is 17.9. The first-order valence-electron chi connectivity index (χ1n) is 17.9. The third-order valence-corrected chi connectivity index (χ3v) is 10.8. The predicted molar refractivity (Wildman–Crippen MR) is 216 cm³/mol. The van der Waals surface area contributed by atoms with Gasteiger partial charge >= 0.3 is 0 Å². The highest BCUT2D eigenvalue weighted by molar-refractivity contribution is 6.10. The lowest BCUT2D eigenvalue weighted by Gasteiger charge is -2.23. The van der Waals surface area contributed by atoms with Crippen molar-refractivity contribution >= 4 is 44.4 Å². The van der Waals surface area contributed by atoms with Gasteiger partial charge < -0.3 is 9.13 Å². The fraction of sp³-hybridized carbons (Fsp3) is 0.0612. The Balaban J connectivity index is 1.12. The minimum Gasteiger partial charge on any atom is -0.310 e. The molecule has 0 N–H and O–H groups in total. The maximum atomic E-state index is 2.48. The molecular formula is C49H36N2. The molecule has 9 aromatic rings. The third kappa shape index (κ3) is 4.87. The van der Waals surface area contributed by atoms with Crippen LogP contribution in [0.5, 0.6) is 0 Å². The van der Waals surface area contributed by atoms with Crippen LogP contribution >= 0.6 is 0 Å². The lowest BCUT2D eigenvalue weighted by molar-refractivity contribution is 0.738. The Morgan fingerprint density at radius 1 is 0.412 bits per heavy atom. The van der Waals surface area contributed by atoms with E-state index in [1.54, 1.807) is 0 Å². The van der Waals surface area contributed by atoms with Gasteiger partial charge in [-0.3, -0.25) is 0 Å². The van der Waals surface area contributed by atoms with Crippen LogP contribution in [0.2, 0.25) is 0 Å². The minimum absolute atomic E-state index is 0.378. The number of fused-ring (bicyclic) bond motifs is 6. The molecule has 0 saturated carbocycles. The van der Waals surface area contributed by atoms with E-state index in [2.05, 4.69) is 198 Å². The van der Waals surface area contributed by atoms with Crippen molar-refractivity contribution in [1.29, 1.82) is 0 Å². The van der Waals surface area contributed by atoms with Gasteiger partial charge in [-0.05, 0) is 106 Å². The number of rotatable bonds is 5. The second kappa shape index (κ2) is 11.9. The molecule has 0 bridgehead atoms. The summed E-state index contributed by atoms with van der Waals surface area (Å²) in [4.78, 5) is 0. The summed E-state index contributed by atoms with van der Waals surface area (Å²) in [6.07, 6.45) is 3.47. The Labute approximate surface area is 298 Å². The molecule has 7 aromatic carbocycles. The number of aromatic nitrogens is 2. The molecule has 1 unspecified atom stereocenters. The van der Waals surface area contributed by atoms with Crippen LogP contribution in [0.4, 0.5) is 0 Å². The third-order valence-electron chi connectivity index (χ3n) is 10.8. The monoisotopic (exact) mass is 652 g/mol. The zero-order valence-electron chi connectivity index (χ0n) is 28.5. The minimum atomic E-state index is 0.378. The van der Waals surface area contributed by atoms with Crippen LogP contribution in [-0.2, 0) is 6.42 Å². The van der Waals surface area contributed by atoms with Crippen molar-refractivity contribution in [2.24, 2.45) is 5.92 Å². The molecule has 0 fully saturated rings. The molecule has 242 valence electrons. The van der Waals surface area contributed by atoms with Crippen molar-refractivity contribution in [1.82, 2.24) is 9.13 Å². The summed E-state index contributed by atoms with van der Waals surface area (Å²) in [5, 5.41) is 3.90. The van der Waals surface area contributed by atoms with Gasteiger partial charge in [0.25, 0.3) is 0 Å². The molecule has 2 heteroatoms. The molecule has 2 nitrogen and oxygen atoms in total. The van der Waals surface area contributed by atoms with E-state index < -0.39 is 0 Å². The number of benzene rings is 7. The second-order valence-corrected chi connectivity index (χ2v) is 13.8. The molecule has 0 aliphatic heterocycles. The summed E-state index contributed by atoms with van der Waals surface area (Å²) in [5.41, 5.74) is 16.4. The molecule has 2 aromatic heterocycles. The number of hydrogen-bond donors (Lipinski definition) is 0. The highest BCUT2D eigenvalue weighted by Gasteiger charge is 2.26. The van der Waals surface area contributed by atoms with Crippen LogP contribution in [0.3, 0.4) is 0 Å². The van der Waals surface area contributed by atoms with E-state index >= 15 is 0 Å². The maximum Gasteiger partial charge on any atom is 0.0541 e. The van der Waals surface area contributed by atoms with Gasteiger partial charge in [-0.1, -0.05) is 134 Å². The Kier molecular flexibility index (Phi) is 6.89. The smallest absolute Gasteiger partial charge is 0.0541 e. The first-order chi connectivity index (χ1) is 25.2. The number of hydrogen-bond acceptors (Lipinski definition) is 0. The molecule has 0 amide bonds. The van der Waals surface area contributed by atoms with E-state index in [4.69, 9.17) is 0 Å². The van der Waals surface area contributed by atoms with E-state index in [9.17, 15) is 0 Å². The normalized spacial score (nSPS) is 14.2. The van der Waals surface area contributed by atoms with Crippen molar-refractivity contribution in [2.45, 2.75) is 13.3 Å². The van der Waals surface area contributed by atoms with Gasteiger partial charge in [0.05, 0.1) is 22.2 Å². The Bertz CT molecular complexity index is 2760. The number of allylic oxidation sites excluding steroid dienone is 1. The highest BCUT2D eigenvalue weighted by Crippen LogP contribution is 2.43. The standard InChI is InChI=1S/C49H36N2/c1-33-29-44-41-19-8-11-22-47(41)51(40-18-12-17-37(30-40)35-15-6-3-7-16-35)49(44)32-43(33)38-25-28-48-45(31-38)42-20-9-10-21-46(42)50(48)39-26-23-36(24-27-39)34-13-4-2-5-14-34/h2-28,30-33H,29H2,1H3. The molecule has 51 heavy (non-hydrogen) atoms. The SMILES string of the molecule is CC1Cc2c(n(-c3cccc(-c4ccccc4)c3)c3ccccc23)C=C1c1ccc2c(c1)c1ccccc1n2-c1ccc(-c2ccccc2)cc1. The lowest BCUT2D eigenvalue weighted by atomic mass is 9.82. The largest absolute Gasteiger partial charge is 0.310 e. The van der Waals surface area contributed by atoms with Gasteiger partial charge in [0.2, 0.25) is 0 Å².